The molecule has 10 aromatic rings. The summed E-state index contributed by atoms with van der Waals surface area (Å²) in [6.45, 7) is 0. The predicted molar refractivity (Wildman–Crippen MR) is 200 cm³/mol. The SMILES string of the molecule is c1ccc(-c2ccc(-c3c4ccccc4c(-c4cccc5ccccc45)c4ccccc34)c3c2oc2cc4ccccc4cc23)cc1. The van der Waals surface area contributed by atoms with Crippen LogP contribution in [0, 0.1) is 0 Å². The third kappa shape index (κ3) is 3.90. The monoisotopic (exact) mass is 596 g/mol. The fraction of sp³-hybridized carbons (Fsp3) is 0. The van der Waals surface area contributed by atoms with Crippen LogP contribution in [0.2, 0.25) is 0 Å². The highest BCUT2D eigenvalue weighted by atomic mass is 16.3. The first-order chi connectivity index (χ1) is 23.3. The average molecular weight is 597 g/mol. The molecule has 0 unspecified atom stereocenters. The maximum absolute atomic E-state index is 6.87. The Hall–Kier alpha value is -6.18. The van der Waals surface area contributed by atoms with Crippen LogP contribution in [-0.4, -0.2) is 0 Å². The lowest BCUT2D eigenvalue weighted by molar-refractivity contribution is 0.670. The van der Waals surface area contributed by atoms with E-state index in [2.05, 4.69) is 170 Å². The first-order valence-corrected chi connectivity index (χ1v) is 16.2. The van der Waals surface area contributed by atoms with Gasteiger partial charge in [-0.05, 0) is 89.1 Å². The Morgan fingerprint density at radius 3 is 1.51 bits per heavy atom. The Kier molecular flexibility index (Phi) is 5.64. The lowest BCUT2D eigenvalue weighted by Gasteiger charge is -2.19. The van der Waals surface area contributed by atoms with Gasteiger partial charge < -0.3 is 4.42 Å². The van der Waals surface area contributed by atoms with Crippen molar-refractivity contribution < 1.29 is 4.42 Å². The Balaban J connectivity index is 1.38. The third-order valence-corrected chi connectivity index (χ3v) is 9.83. The zero-order chi connectivity index (χ0) is 30.9. The van der Waals surface area contributed by atoms with E-state index in [0.29, 0.717) is 0 Å². The van der Waals surface area contributed by atoms with E-state index in [0.717, 1.165) is 33.1 Å². The van der Waals surface area contributed by atoms with E-state index in [1.807, 2.05) is 0 Å². The lowest BCUT2D eigenvalue weighted by atomic mass is 9.83. The van der Waals surface area contributed by atoms with Gasteiger partial charge in [0, 0.05) is 16.3 Å². The van der Waals surface area contributed by atoms with E-state index in [9.17, 15) is 0 Å². The van der Waals surface area contributed by atoms with Gasteiger partial charge in [-0.2, -0.15) is 0 Å². The summed E-state index contributed by atoms with van der Waals surface area (Å²) in [6, 6.07) is 61.4. The summed E-state index contributed by atoms with van der Waals surface area (Å²) in [4.78, 5) is 0. The minimum Gasteiger partial charge on any atom is -0.455 e. The number of hydrogen-bond acceptors (Lipinski definition) is 1. The van der Waals surface area contributed by atoms with Crippen LogP contribution in [0.5, 0.6) is 0 Å². The molecule has 218 valence electrons. The van der Waals surface area contributed by atoms with Gasteiger partial charge in [0.2, 0.25) is 0 Å². The summed E-state index contributed by atoms with van der Waals surface area (Å²) in [5.41, 5.74) is 9.03. The maximum atomic E-state index is 6.87. The second-order valence-corrected chi connectivity index (χ2v) is 12.4. The first-order valence-electron chi connectivity index (χ1n) is 16.2. The summed E-state index contributed by atoms with van der Waals surface area (Å²) in [5.74, 6) is 0. The van der Waals surface area contributed by atoms with Crippen LogP contribution in [0.3, 0.4) is 0 Å². The Bertz CT molecular complexity index is 2780. The Morgan fingerprint density at radius 2 is 0.830 bits per heavy atom. The van der Waals surface area contributed by atoms with Crippen LogP contribution in [0.15, 0.2) is 174 Å². The molecule has 0 radical (unpaired) electrons. The van der Waals surface area contributed by atoms with Crippen molar-refractivity contribution in [3.05, 3.63) is 170 Å². The summed E-state index contributed by atoms with van der Waals surface area (Å²) in [6.07, 6.45) is 0. The van der Waals surface area contributed by atoms with Gasteiger partial charge in [0.1, 0.15) is 11.2 Å². The summed E-state index contributed by atoms with van der Waals surface area (Å²) >= 11 is 0. The second kappa shape index (κ2) is 10.2. The zero-order valence-corrected chi connectivity index (χ0v) is 25.6. The normalized spacial score (nSPS) is 11.8. The highest BCUT2D eigenvalue weighted by molar-refractivity contribution is 6.28. The topological polar surface area (TPSA) is 13.1 Å². The van der Waals surface area contributed by atoms with Crippen LogP contribution in [-0.2, 0) is 0 Å². The van der Waals surface area contributed by atoms with Gasteiger partial charge in [-0.15, -0.1) is 0 Å². The number of furan rings is 1. The molecule has 0 spiro atoms. The molecule has 1 heteroatoms. The van der Waals surface area contributed by atoms with Crippen molar-refractivity contribution in [3.8, 4) is 33.4 Å². The minimum absolute atomic E-state index is 0.907. The fourth-order valence-corrected chi connectivity index (χ4v) is 7.77. The van der Waals surface area contributed by atoms with Gasteiger partial charge in [-0.25, -0.2) is 0 Å². The number of rotatable bonds is 3. The standard InChI is InChI=1S/C46H28O/c1-2-13-30(14-3-1)34-25-26-40(45-41-27-31-16-4-5-17-32(31)28-42(41)47-46(34)45)44-38-22-10-8-20-36(38)43(37-21-9-11-23-39(37)44)35-24-12-18-29-15-6-7-19-33(29)35/h1-28H. The molecule has 0 saturated heterocycles. The number of fused-ring (bicyclic) bond motifs is 7. The fourth-order valence-electron chi connectivity index (χ4n) is 7.77. The molecule has 0 atom stereocenters. The molecule has 0 bridgehead atoms. The van der Waals surface area contributed by atoms with Gasteiger partial charge in [0.05, 0.1) is 0 Å². The van der Waals surface area contributed by atoms with Crippen molar-refractivity contribution in [1.29, 1.82) is 0 Å². The molecule has 0 amide bonds. The smallest absolute Gasteiger partial charge is 0.143 e. The minimum atomic E-state index is 0.907. The zero-order valence-electron chi connectivity index (χ0n) is 25.6. The number of hydrogen-bond donors (Lipinski definition) is 0. The van der Waals surface area contributed by atoms with E-state index in [-0.39, 0.29) is 0 Å². The largest absolute Gasteiger partial charge is 0.455 e. The van der Waals surface area contributed by atoms with E-state index < -0.39 is 0 Å². The molecular weight excluding hydrogens is 569 g/mol. The predicted octanol–water partition coefficient (Wildman–Crippen LogP) is 13.2. The lowest BCUT2D eigenvalue weighted by Crippen LogP contribution is -1.92. The molecule has 9 aromatic carbocycles. The van der Waals surface area contributed by atoms with Crippen molar-refractivity contribution in [2.45, 2.75) is 0 Å². The molecule has 0 aliphatic heterocycles. The van der Waals surface area contributed by atoms with E-state index in [1.54, 1.807) is 0 Å². The van der Waals surface area contributed by atoms with Gasteiger partial charge in [-0.1, -0.05) is 152 Å². The number of benzene rings is 9. The molecule has 1 aromatic heterocycles. The van der Waals surface area contributed by atoms with Gasteiger partial charge in [-0.3, -0.25) is 0 Å². The van der Waals surface area contributed by atoms with E-state index >= 15 is 0 Å². The highest BCUT2D eigenvalue weighted by Crippen LogP contribution is 2.49. The molecule has 47 heavy (non-hydrogen) atoms. The molecule has 0 saturated carbocycles. The van der Waals surface area contributed by atoms with Crippen molar-refractivity contribution in [2.24, 2.45) is 0 Å². The van der Waals surface area contributed by atoms with Crippen LogP contribution >= 0.6 is 0 Å². The van der Waals surface area contributed by atoms with E-state index in [4.69, 9.17) is 4.42 Å². The van der Waals surface area contributed by atoms with Crippen LogP contribution in [0.25, 0.3) is 98.4 Å². The molecule has 1 nitrogen and oxygen atoms in total. The van der Waals surface area contributed by atoms with Crippen molar-refractivity contribution in [3.63, 3.8) is 0 Å². The van der Waals surface area contributed by atoms with Crippen LogP contribution < -0.4 is 0 Å². The van der Waals surface area contributed by atoms with Crippen molar-refractivity contribution >= 4 is 65.0 Å². The highest BCUT2D eigenvalue weighted by Gasteiger charge is 2.23. The molecule has 1 heterocycles. The van der Waals surface area contributed by atoms with Gasteiger partial charge in [0.15, 0.2) is 0 Å². The quantitative estimate of drug-likeness (QED) is 0.185. The molecule has 0 N–H and O–H groups in total. The van der Waals surface area contributed by atoms with Crippen LogP contribution in [0.4, 0.5) is 0 Å². The Morgan fingerprint density at radius 1 is 0.319 bits per heavy atom. The first kappa shape index (κ1) is 26.1. The van der Waals surface area contributed by atoms with Gasteiger partial charge in [0.25, 0.3) is 0 Å². The maximum Gasteiger partial charge on any atom is 0.143 e. The van der Waals surface area contributed by atoms with Crippen molar-refractivity contribution in [1.82, 2.24) is 0 Å². The van der Waals surface area contributed by atoms with Crippen molar-refractivity contribution in [2.75, 3.05) is 0 Å². The summed E-state index contributed by atoms with van der Waals surface area (Å²) < 4.78 is 6.87. The van der Waals surface area contributed by atoms with Crippen LogP contribution in [0.1, 0.15) is 0 Å². The summed E-state index contributed by atoms with van der Waals surface area (Å²) in [7, 11) is 0. The average Bonchev–Trinajstić information content (AvgIpc) is 3.51. The molecule has 0 aliphatic rings. The third-order valence-electron chi connectivity index (χ3n) is 9.83. The molecule has 0 aliphatic carbocycles. The molecule has 10 rings (SSSR count). The molecule has 0 fully saturated rings. The van der Waals surface area contributed by atoms with Gasteiger partial charge >= 0.3 is 0 Å². The Labute approximate surface area is 271 Å². The second-order valence-electron chi connectivity index (χ2n) is 12.4. The molecular formula is C46H28O. The van der Waals surface area contributed by atoms with E-state index in [1.165, 1.54) is 65.3 Å². The summed E-state index contributed by atoms with van der Waals surface area (Å²) in [5, 5.41) is 12.1.